The van der Waals surface area contributed by atoms with Crippen LogP contribution in [0.5, 0.6) is 0 Å². The Hall–Kier alpha value is -4.63. The van der Waals surface area contributed by atoms with Crippen LogP contribution in [0, 0.1) is 0 Å². The number of nitrogens with one attached hydrogen (secondary N) is 3. The van der Waals surface area contributed by atoms with E-state index >= 15 is 0 Å². The first kappa shape index (κ1) is 31.4. The van der Waals surface area contributed by atoms with E-state index in [1.807, 2.05) is 18.2 Å². The van der Waals surface area contributed by atoms with Crippen molar-refractivity contribution in [2.24, 2.45) is 22.9 Å². The number of hydrogen-bond donors (Lipinski definition) is 7. The number of carbonyl (C=O) groups excluding carboxylic acids is 1. The number of aromatic nitrogens is 5. The summed E-state index contributed by atoms with van der Waals surface area (Å²) in [5.74, 6) is -1.65. The van der Waals surface area contributed by atoms with Gasteiger partial charge in [0, 0.05) is 18.4 Å². The Morgan fingerprint density at radius 3 is 1.61 bits per heavy atom. The first-order valence-corrected chi connectivity index (χ1v) is 10.5. The van der Waals surface area contributed by atoms with Crippen molar-refractivity contribution in [3.05, 3.63) is 60.1 Å². The van der Waals surface area contributed by atoms with Gasteiger partial charge in [0.25, 0.3) is 5.97 Å². The van der Waals surface area contributed by atoms with Gasteiger partial charge in [-0.25, -0.2) is 24.9 Å². The van der Waals surface area contributed by atoms with Crippen LogP contribution in [0.1, 0.15) is 18.1 Å². The number of rotatable bonds is 9. The van der Waals surface area contributed by atoms with E-state index in [4.69, 9.17) is 33.8 Å². The van der Waals surface area contributed by atoms with Crippen molar-refractivity contribution >= 4 is 23.9 Å². The molecule has 3 heterocycles. The number of carboxylic acid groups (broad SMARTS) is 2. The van der Waals surface area contributed by atoms with E-state index in [2.05, 4.69) is 34.9 Å². The molecule has 0 amide bonds. The summed E-state index contributed by atoms with van der Waals surface area (Å²) in [6.07, 6.45) is 2.56. The van der Waals surface area contributed by atoms with Crippen molar-refractivity contribution in [1.29, 1.82) is 0 Å². The number of nitrogens with two attached hydrogens (primary N) is 4. The van der Waals surface area contributed by atoms with Crippen LogP contribution < -0.4 is 38.0 Å². The Kier molecular flexibility index (Phi) is 12.8. The minimum Gasteiger partial charge on any atom is -0.665 e. The quantitative estimate of drug-likeness (QED) is 0.0711. The smallest absolute Gasteiger partial charge is 0.665 e. The molecule has 194 valence electrons. The molecule has 17 heteroatoms. The summed E-state index contributed by atoms with van der Waals surface area (Å²) < 4.78 is 0. The number of aliphatic carboxylic acids is 2. The van der Waals surface area contributed by atoms with Crippen LogP contribution in [0.4, 0.5) is 0 Å². The number of carbonyl (C=O) groups is 2. The third kappa shape index (κ3) is 11.0. The zero-order valence-electron chi connectivity index (χ0n) is 20.2. The second-order valence-electron chi connectivity index (χ2n) is 7.21. The molecule has 0 unspecified atom stereocenters. The molecule has 12 N–H and O–H groups in total. The summed E-state index contributed by atoms with van der Waals surface area (Å²) in [6, 6.07) is 7.56. The molecule has 0 aliphatic carbocycles. The van der Waals surface area contributed by atoms with Gasteiger partial charge in [0.2, 0.25) is 0 Å². The summed E-state index contributed by atoms with van der Waals surface area (Å²) in [6.45, 7) is 0.638. The fourth-order valence-electron chi connectivity index (χ4n) is 2.59. The molecule has 1 atom stereocenters. The largest absolute Gasteiger partial charge is 2.00 e. The Morgan fingerprint density at radius 2 is 1.26 bits per heavy atom. The van der Waals surface area contributed by atoms with Gasteiger partial charge in [-0.15, -0.1) is 0 Å². The minimum absolute atomic E-state index is 0. The minimum atomic E-state index is -1.60. The van der Waals surface area contributed by atoms with Crippen LogP contribution >= 0.6 is 0 Å². The van der Waals surface area contributed by atoms with Crippen LogP contribution in [0.15, 0.2) is 42.7 Å². The van der Waals surface area contributed by atoms with Crippen LogP contribution in [0.25, 0.3) is 28.5 Å². The molecule has 0 spiro atoms. The van der Waals surface area contributed by atoms with Gasteiger partial charge in [0.05, 0.1) is 22.8 Å². The van der Waals surface area contributed by atoms with Crippen LogP contribution in [0.2, 0.25) is 0 Å². The summed E-state index contributed by atoms with van der Waals surface area (Å²) in [7, 11) is 0. The first-order chi connectivity index (χ1) is 17.5. The summed E-state index contributed by atoms with van der Waals surface area (Å²) in [4.78, 5) is 46.9. The fourth-order valence-corrected chi connectivity index (χ4v) is 2.59. The normalized spacial score (nSPS) is 10.6. The van der Waals surface area contributed by atoms with Gasteiger partial charge < -0.3 is 20.7 Å². The van der Waals surface area contributed by atoms with Crippen LogP contribution in [-0.4, -0.2) is 59.9 Å². The maximum Gasteiger partial charge on any atom is 2.00 e. The van der Waals surface area contributed by atoms with E-state index in [-0.39, 0.29) is 31.4 Å². The first-order valence-electron chi connectivity index (χ1n) is 10.5. The Labute approximate surface area is 229 Å². The van der Waals surface area contributed by atoms with E-state index in [0.717, 1.165) is 0 Å². The zero-order valence-corrected chi connectivity index (χ0v) is 23.1. The van der Waals surface area contributed by atoms with E-state index in [0.29, 0.717) is 47.5 Å². The fraction of sp³-hybridized carbons (Fsp3) is 0.190. The maximum absolute atomic E-state index is 9.76. The van der Waals surface area contributed by atoms with Gasteiger partial charge in [-0.1, -0.05) is 6.07 Å². The van der Waals surface area contributed by atoms with Crippen LogP contribution in [0.3, 0.4) is 0 Å². The van der Waals surface area contributed by atoms with Gasteiger partial charge in [-0.2, -0.15) is 0 Å². The predicted octanol–water partition coefficient (Wildman–Crippen LogP) is -5.67. The van der Waals surface area contributed by atoms with Gasteiger partial charge >= 0.3 is 31.4 Å². The summed E-state index contributed by atoms with van der Waals surface area (Å²) >= 11 is 0. The molecule has 3 aromatic heterocycles. The molecule has 0 bridgehead atoms. The Bertz CT molecular complexity index is 1220. The van der Waals surface area contributed by atoms with Gasteiger partial charge in [0.15, 0.2) is 11.6 Å². The van der Waals surface area contributed by atoms with Gasteiger partial charge in [-0.05, 0) is 36.7 Å². The molecule has 0 saturated carbocycles. The van der Waals surface area contributed by atoms with E-state index < -0.39 is 24.4 Å². The number of carboxylic acids is 2. The number of guanidine groups is 2. The van der Waals surface area contributed by atoms with Crippen molar-refractivity contribution in [3.8, 4) is 22.8 Å². The third-order valence-corrected chi connectivity index (χ3v) is 4.26. The van der Waals surface area contributed by atoms with E-state index in [1.165, 1.54) is 0 Å². The Morgan fingerprint density at radius 1 is 0.842 bits per heavy atom. The molecular formula is C21H26N12O4Zn+2. The molecular weight excluding hydrogens is 550 g/mol. The molecule has 0 radical (unpaired) electrons. The van der Waals surface area contributed by atoms with Crippen molar-refractivity contribution < 1.29 is 49.3 Å². The maximum atomic E-state index is 9.76. The number of nitrogens with zero attached hydrogens (tertiary/aromatic N) is 5. The molecule has 0 aliphatic heterocycles. The van der Waals surface area contributed by atoms with E-state index in [9.17, 15) is 14.7 Å². The molecule has 38 heavy (non-hydrogen) atoms. The monoisotopic (exact) mass is 574 g/mol. The van der Waals surface area contributed by atoms with Crippen molar-refractivity contribution in [2.45, 2.75) is 25.6 Å². The Balaban J connectivity index is 0.000000622. The van der Waals surface area contributed by atoms with Crippen molar-refractivity contribution in [3.63, 3.8) is 0 Å². The zero-order chi connectivity index (χ0) is 27.4. The topological polar surface area (TPSA) is 298 Å². The summed E-state index contributed by atoms with van der Waals surface area (Å²) in [5, 5.41) is 17.6. The predicted molar refractivity (Wildman–Crippen MR) is 128 cm³/mol. The van der Waals surface area contributed by atoms with Crippen molar-refractivity contribution in [2.75, 3.05) is 0 Å². The second-order valence-corrected chi connectivity index (χ2v) is 7.21. The molecule has 3 aromatic rings. The average Bonchev–Trinajstić information content (AvgIpc) is 2.86. The number of pyridine rings is 1. The number of hydrogen-bond acceptors (Lipinski definition) is 8. The molecule has 3 rings (SSSR count). The van der Waals surface area contributed by atoms with Crippen molar-refractivity contribution in [1.82, 2.24) is 24.9 Å². The molecule has 0 aromatic carbocycles. The average molecular weight is 576 g/mol. The van der Waals surface area contributed by atoms with E-state index in [1.54, 1.807) is 24.5 Å². The molecule has 0 aliphatic rings. The third-order valence-electron chi connectivity index (χ3n) is 4.26. The van der Waals surface area contributed by atoms with Gasteiger partial charge in [-0.3, -0.25) is 37.7 Å². The molecule has 16 nitrogen and oxygen atoms in total. The van der Waals surface area contributed by atoms with Crippen LogP contribution in [-0.2, 0) is 42.2 Å². The van der Waals surface area contributed by atoms with Gasteiger partial charge in [0.1, 0.15) is 13.1 Å². The summed E-state index contributed by atoms with van der Waals surface area (Å²) in [5.41, 5.74) is 30.9. The SMILES string of the molecule is NC(N)=[NH+]Cc1nccc(-c2cccc(-c3ccnc(C[NH+]=C(N)N)n3)n2)n1.[NH-][C@H](CC(=O)[O-])C(=O)O.[Zn+2]. The second kappa shape index (κ2) is 15.5. The standard InChI is InChI=1S/C17H19N11.C4H6NO4.Zn/c18-16(19)24-8-14-22-6-4-12(27-14)10-2-1-3-11(26-10)13-5-7-23-15(28-13)9-25-17(20)21;5-2(4(8)9)1-3(6)7;/h1-7H,8-9H2,(H4,18,19,24)(H4,20,21,25);2,5H,1H2,(H,6,7)(H,8,9);/q;-1;+2/p+1/t;2-;/m.1./s1. The molecule has 0 saturated heterocycles. The molecule has 0 fully saturated rings.